The molecular weight excluding hydrogens is 160 g/mol. The first kappa shape index (κ1) is 9.85. The summed E-state index contributed by atoms with van der Waals surface area (Å²) in [6.07, 6.45) is 3.03. The Kier molecular flexibility index (Phi) is 3.56. The predicted octanol–water partition coefficient (Wildman–Crippen LogP) is 3.20. The van der Waals surface area contributed by atoms with Crippen LogP contribution in [0, 0.1) is 0 Å². The Balaban J connectivity index is 2.72. The largest absolute Gasteiger partial charge is 0.491 e. The molecule has 0 aliphatic heterocycles. The summed E-state index contributed by atoms with van der Waals surface area (Å²) < 4.78 is 5.57. The van der Waals surface area contributed by atoms with E-state index in [4.69, 9.17) is 4.74 Å². The highest BCUT2D eigenvalue weighted by atomic mass is 16.5. The first-order chi connectivity index (χ1) is 6.22. The molecule has 70 valence electrons. The van der Waals surface area contributed by atoms with Crippen LogP contribution in [0.2, 0.25) is 0 Å². The quantitative estimate of drug-likeness (QED) is 0.640. The zero-order chi connectivity index (χ0) is 9.68. The van der Waals surface area contributed by atoms with Gasteiger partial charge in [0.2, 0.25) is 0 Å². The highest BCUT2D eigenvalue weighted by molar-refractivity contribution is 5.29. The van der Waals surface area contributed by atoms with Crippen LogP contribution in [0.1, 0.15) is 19.4 Å². The van der Waals surface area contributed by atoms with Crippen molar-refractivity contribution in [1.29, 1.82) is 0 Å². The Morgan fingerprint density at radius 1 is 1.46 bits per heavy atom. The van der Waals surface area contributed by atoms with Gasteiger partial charge in [-0.1, -0.05) is 18.2 Å². The molecule has 1 aromatic carbocycles. The number of hydrogen-bond acceptors (Lipinski definition) is 1. The lowest BCUT2D eigenvalue weighted by Gasteiger charge is -2.10. The topological polar surface area (TPSA) is 9.23 Å². The lowest BCUT2D eigenvalue weighted by Crippen LogP contribution is -2.05. The number of rotatable bonds is 4. The second-order valence-electron chi connectivity index (χ2n) is 3.31. The second kappa shape index (κ2) is 4.70. The summed E-state index contributed by atoms with van der Waals surface area (Å²) in [6.45, 7) is 7.76. The summed E-state index contributed by atoms with van der Waals surface area (Å²) >= 11 is 0. The molecular formula is C12H16O. The molecule has 0 amide bonds. The molecule has 0 unspecified atom stereocenters. The molecule has 1 nitrogen and oxygen atoms in total. The van der Waals surface area contributed by atoms with Crippen LogP contribution in [-0.4, -0.2) is 6.10 Å². The van der Waals surface area contributed by atoms with Gasteiger partial charge in [-0.2, -0.15) is 0 Å². The average molecular weight is 176 g/mol. The molecule has 1 rings (SSSR count). The lowest BCUT2D eigenvalue weighted by molar-refractivity contribution is 0.242. The molecule has 0 saturated carbocycles. The molecule has 0 N–H and O–H groups in total. The van der Waals surface area contributed by atoms with Gasteiger partial charge in [0.25, 0.3) is 0 Å². The van der Waals surface area contributed by atoms with E-state index in [1.807, 2.05) is 32.1 Å². The number of hydrogen-bond donors (Lipinski definition) is 0. The van der Waals surface area contributed by atoms with Crippen LogP contribution in [0.4, 0.5) is 0 Å². The van der Waals surface area contributed by atoms with Crippen molar-refractivity contribution >= 4 is 0 Å². The zero-order valence-corrected chi connectivity index (χ0v) is 8.29. The minimum absolute atomic E-state index is 0.235. The van der Waals surface area contributed by atoms with Gasteiger partial charge in [-0.15, -0.1) is 6.58 Å². The van der Waals surface area contributed by atoms with Crippen molar-refractivity contribution in [3.8, 4) is 5.75 Å². The van der Waals surface area contributed by atoms with Crippen LogP contribution in [0.25, 0.3) is 0 Å². The summed E-state index contributed by atoms with van der Waals surface area (Å²) in [4.78, 5) is 0. The minimum Gasteiger partial charge on any atom is -0.491 e. The monoisotopic (exact) mass is 176 g/mol. The number of ether oxygens (including phenoxy) is 1. The van der Waals surface area contributed by atoms with Crippen LogP contribution in [0.3, 0.4) is 0 Å². The third-order valence-electron chi connectivity index (χ3n) is 1.65. The lowest BCUT2D eigenvalue weighted by atomic mass is 10.1. The fourth-order valence-corrected chi connectivity index (χ4v) is 1.18. The maximum atomic E-state index is 5.57. The summed E-state index contributed by atoms with van der Waals surface area (Å²) in [7, 11) is 0. The highest BCUT2D eigenvalue weighted by Crippen LogP contribution is 2.15. The average Bonchev–Trinajstić information content (AvgIpc) is 2.04. The van der Waals surface area contributed by atoms with Crippen molar-refractivity contribution in [2.75, 3.05) is 0 Å². The summed E-state index contributed by atoms with van der Waals surface area (Å²) in [5.41, 5.74) is 1.24. The molecule has 0 saturated heterocycles. The third kappa shape index (κ3) is 3.32. The molecule has 0 heterocycles. The highest BCUT2D eigenvalue weighted by Gasteiger charge is 1.97. The van der Waals surface area contributed by atoms with E-state index in [0.717, 1.165) is 12.2 Å². The Hall–Kier alpha value is -1.24. The van der Waals surface area contributed by atoms with E-state index >= 15 is 0 Å². The molecule has 0 radical (unpaired) electrons. The molecule has 0 fully saturated rings. The van der Waals surface area contributed by atoms with Crippen molar-refractivity contribution in [1.82, 2.24) is 0 Å². The van der Waals surface area contributed by atoms with Gasteiger partial charge in [0, 0.05) is 0 Å². The van der Waals surface area contributed by atoms with Crippen LogP contribution < -0.4 is 4.74 Å². The van der Waals surface area contributed by atoms with Gasteiger partial charge in [0.15, 0.2) is 0 Å². The molecule has 0 spiro atoms. The van der Waals surface area contributed by atoms with Crippen molar-refractivity contribution in [3.63, 3.8) is 0 Å². The molecule has 0 aliphatic rings. The summed E-state index contributed by atoms with van der Waals surface area (Å²) in [5, 5.41) is 0. The van der Waals surface area contributed by atoms with Gasteiger partial charge in [0.05, 0.1) is 6.10 Å². The van der Waals surface area contributed by atoms with Gasteiger partial charge < -0.3 is 4.74 Å². The molecule has 1 heteroatoms. The van der Waals surface area contributed by atoms with E-state index in [1.54, 1.807) is 0 Å². The number of benzene rings is 1. The van der Waals surface area contributed by atoms with Crippen LogP contribution in [0.5, 0.6) is 5.75 Å². The van der Waals surface area contributed by atoms with Crippen molar-refractivity contribution < 1.29 is 4.74 Å². The first-order valence-corrected chi connectivity index (χ1v) is 4.59. The van der Waals surface area contributed by atoms with Gasteiger partial charge in [-0.3, -0.25) is 0 Å². The van der Waals surface area contributed by atoms with Gasteiger partial charge >= 0.3 is 0 Å². The van der Waals surface area contributed by atoms with Crippen molar-refractivity contribution in [2.45, 2.75) is 26.4 Å². The van der Waals surface area contributed by atoms with E-state index in [-0.39, 0.29) is 6.10 Å². The normalized spacial score (nSPS) is 10.1. The minimum atomic E-state index is 0.235. The van der Waals surface area contributed by atoms with Gasteiger partial charge in [0.1, 0.15) is 5.75 Å². The predicted molar refractivity (Wildman–Crippen MR) is 56.1 cm³/mol. The third-order valence-corrected chi connectivity index (χ3v) is 1.65. The molecule has 1 aromatic rings. The van der Waals surface area contributed by atoms with E-state index < -0.39 is 0 Å². The van der Waals surface area contributed by atoms with Gasteiger partial charge in [-0.05, 0) is 38.0 Å². The van der Waals surface area contributed by atoms with Crippen LogP contribution >= 0.6 is 0 Å². The SMILES string of the molecule is C=CCc1cccc(OC(C)C)c1. The standard InChI is InChI=1S/C12H16O/c1-4-6-11-7-5-8-12(9-11)13-10(2)3/h4-5,7-10H,1,6H2,2-3H3. The van der Waals surface area contributed by atoms with Crippen LogP contribution in [0.15, 0.2) is 36.9 Å². The summed E-state index contributed by atoms with van der Waals surface area (Å²) in [6, 6.07) is 8.12. The van der Waals surface area contributed by atoms with Gasteiger partial charge in [-0.25, -0.2) is 0 Å². The zero-order valence-electron chi connectivity index (χ0n) is 8.29. The maximum absolute atomic E-state index is 5.57. The number of allylic oxidation sites excluding steroid dienone is 1. The van der Waals surface area contributed by atoms with E-state index in [2.05, 4.69) is 18.7 Å². The molecule has 0 aromatic heterocycles. The van der Waals surface area contributed by atoms with E-state index in [0.29, 0.717) is 0 Å². The van der Waals surface area contributed by atoms with E-state index in [9.17, 15) is 0 Å². The smallest absolute Gasteiger partial charge is 0.119 e. The second-order valence-corrected chi connectivity index (χ2v) is 3.31. The Bertz CT molecular complexity index is 276. The van der Waals surface area contributed by atoms with E-state index in [1.165, 1.54) is 5.56 Å². The Morgan fingerprint density at radius 3 is 2.85 bits per heavy atom. The first-order valence-electron chi connectivity index (χ1n) is 4.59. The molecule has 0 atom stereocenters. The molecule has 0 aliphatic carbocycles. The van der Waals surface area contributed by atoms with Crippen LogP contribution in [-0.2, 0) is 6.42 Å². The van der Waals surface area contributed by atoms with Crippen molar-refractivity contribution in [2.24, 2.45) is 0 Å². The van der Waals surface area contributed by atoms with Crippen molar-refractivity contribution in [3.05, 3.63) is 42.5 Å². The molecule has 13 heavy (non-hydrogen) atoms. The fourth-order valence-electron chi connectivity index (χ4n) is 1.18. The Morgan fingerprint density at radius 2 is 2.23 bits per heavy atom. The maximum Gasteiger partial charge on any atom is 0.119 e. The summed E-state index contributed by atoms with van der Waals surface area (Å²) in [5.74, 6) is 0.939. The molecule has 0 bridgehead atoms. The Labute approximate surface area is 80.0 Å². The fraction of sp³-hybridized carbons (Fsp3) is 0.333.